The maximum absolute atomic E-state index is 12.1. The van der Waals surface area contributed by atoms with Crippen molar-refractivity contribution in [3.05, 3.63) is 35.4 Å². The third-order valence-corrected chi connectivity index (χ3v) is 3.46. The molecule has 26 heavy (non-hydrogen) atoms. The summed E-state index contributed by atoms with van der Waals surface area (Å²) < 4.78 is 0. The Balaban J connectivity index is 2.96. The zero-order valence-electron chi connectivity index (χ0n) is 14.0. The van der Waals surface area contributed by atoms with Crippen LogP contribution in [0.3, 0.4) is 0 Å². The number of benzene rings is 1. The number of amides is 2. The van der Waals surface area contributed by atoms with E-state index in [0.29, 0.717) is 0 Å². The van der Waals surface area contributed by atoms with Gasteiger partial charge in [-0.25, -0.2) is 9.59 Å². The minimum absolute atomic E-state index is 0.0616. The Morgan fingerprint density at radius 1 is 0.808 bits per heavy atom. The lowest BCUT2D eigenvalue weighted by Crippen LogP contribution is -2.48. The second-order valence-electron chi connectivity index (χ2n) is 5.64. The van der Waals surface area contributed by atoms with Crippen molar-refractivity contribution in [1.29, 1.82) is 0 Å². The lowest BCUT2D eigenvalue weighted by atomic mass is 10.1. The number of aliphatic hydroxyl groups is 2. The van der Waals surface area contributed by atoms with Crippen molar-refractivity contribution in [1.82, 2.24) is 10.6 Å². The zero-order valence-corrected chi connectivity index (χ0v) is 14.0. The summed E-state index contributed by atoms with van der Waals surface area (Å²) in [6.07, 6.45) is -2.68. The van der Waals surface area contributed by atoms with E-state index in [1.165, 1.54) is 32.0 Å². The van der Waals surface area contributed by atoms with E-state index in [4.69, 9.17) is 10.2 Å². The zero-order chi connectivity index (χ0) is 20.0. The third kappa shape index (κ3) is 5.53. The molecule has 0 saturated carbocycles. The molecule has 0 radical (unpaired) electrons. The van der Waals surface area contributed by atoms with Gasteiger partial charge in [-0.1, -0.05) is 6.07 Å². The first-order chi connectivity index (χ1) is 12.0. The van der Waals surface area contributed by atoms with E-state index >= 15 is 0 Å². The highest BCUT2D eigenvalue weighted by Gasteiger charge is 2.27. The number of nitrogens with one attached hydrogen (secondary N) is 2. The summed E-state index contributed by atoms with van der Waals surface area (Å²) in [5, 5.41) is 40.9. The van der Waals surface area contributed by atoms with Crippen LogP contribution in [0.25, 0.3) is 0 Å². The largest absolute Gasteiger partial charge is 0.480 e. The van der Waals surface area contributed by atoms with Gasteiger partial charge in [-0.3, -0.25) is 9.59 Å². The van der Waals surface area contributed by atoms with Crippen molar-refractivity contribution in [3.8, 4) is 0 Å². The van der Waals surface area contributed by atoms with Crippen LogP contribution in [-0.4, -0.2) is 68.5 Å². The minimum atomic E-state index is -1.54. The Bertz CT molecular complexity index is 646. The smallest absolute Gasteiger partial charge is 0.328 e. The number of aliphatic hydroxyl groups excluding tert-OH is 2. The topological polar surface area (TPSA) is 173 Å². The van der Waals surface area contributed by atoms with Gasteiger partial charge in [0.25, 0.3) is 11.8 Å². The number of carboxylic acids is 2. The van der Waals surface area contributed by atoms with E-state index in [0.717, 1.165) is 6.07 Å². The van der Waals surface area contributed by atoms with E-state index in [2.05, 4.69) is 10.6 Å². The van der Waals surface area contributed by atoms with Gasteiger partial charge in [0.1, 0.15) is 0 Å². The van der Waals surface area contributed by atoms with Crippen LogP contribution in [0.1, 0.15) is 34.6 Å². The number of hydrogen-bond donors (Lipinski definition) is 6. The molecule has 10 nitrogen and oxygen atoms in total. The molecule has 1 aromatic rings. The molecule has 0 fully saturated rings. The monoisotopic (exact) mass is 368 g/mol. The average molecular weight is 368 g/mol. The fourth-order valence-electron chi connectivity index (χ4n) is 2.03. The summed E-state index contributed by atoms with van der Waals surface area (Å²) in [7, 11) is 0. The van der Waals surface area contributed by atoms with Crippen molar-refractivity contribution in [2.75, 3.05) is 0 Å². The number of rotatable bonds is 8. The SMILES string of the molecule is CC(O)C(NC(=O)c1cccc(C(=O)NC(C(=O)O)C(C)O)c1)C(=O)O. The Morgan fingerprint density at radius 2 is 1.15 bits per heavy atom. The predicted molar refractivity (Wildman–Crippen MR) is 87.6 cm³/mol. The molecule has 142 valence electrons. The summed E-state index contributed by atoms with van der Waals surface area (Å²) in [6, 6.07) is 2.04. The third-order valence-electron chi connectivity index (χ3n) is 3.46. The van der Waals surface area contributed by atoms with Crippen LogP contribution in [0.15, 0.2) is 24.3 Å². The van der Waals surface area contributed by atoms with Gasteiger partial charge in [0, 0.05) is 11.1 Å². The van der Waals surface area contributed by atoms with Crippen LogP contribution in [0, 0.1) is 0 Å². The molecule has 4 unspecified atom stereocenters. The molecule has 0 aliphatic carbocycles. The number of aliphatic carboxylic acids is 2. The van der Waals surface area contributed by atoms with Gasteiger partial charge >= 0.3 is 11.9 Å². The molecule has 4 atom stereocenters. The van der Waals surface area contributed by atoms with E-state index in [9.17, 15) is 29.4 Å². The Hall–Kier alpha value is -2.98. The summed E-state index contributed by atoms with van der Waals surface area (Å²) in [5.74, 6) is -4.52. The van der Waals surface area contributed by atoms with Crippen LogP contribution < -0.4 is 10.6 Å². The van der Waals surface area contributed by atoms with Crippen LogP contribution in [-0.2, 0) is 9.59 Å². The molecule has 0 heterocycles. The second-order valence-corrected chi connectivity index (χ2v) is 5.64. The van der Waals surface area contributed by atoms with Gasteiger partial charge in [-0.15, -0.1) is 0 Å². The van der Waals surface area contributed by atoms with Crippen LogP contribution >= 0.6 is 0 Å². The molecular formula is C16H20N2O8. The quantitative estimate of drug-likeness (QED) is 0.332. The van der Waals surface area contributed by atoms with Crippen molar-refractivity contribution < 1.29 is 39.6 Å². The molecular weight excluding hydrogens is 348 g/mol. The predicted octanol–water partition coefficient (Wildman–Crippen LogP) is -1.19. The molecule has 0 aliphatic rings. The van der Waals surface area contributed by atoms with Gasteiger partial charge in [-0.05, 0) is 32.0 Å². The van der Waals surface area contributed by atoms with Crippen LogP contribution in [0.4, 0.5) is 0 Å². The summed E-state index contributed by atoms with van der Waals surface area (Å²) in [6.45, 7) is 2.40. The number of carboxylic acid groups (broad SMARTS) is 2. The van der Waals surface area contributed by atoms with Crippen molar-refractivity contribution in [2.45, 2.75) is 38.1 Å². The standard InChI is InChI=1S/C16H20N2O8/c1-7(19)11(15(23)24)17-13(21)9-4-3-5-10(6-9)14(22)18-12(8(2)20)16(25)26/h3-8,11-12,19-20H,1-2H3,(H,17,21)(H,18,22)(H,23,24)(H,25,26). The van der Waals surface area contributed by atoms with Crippen molar-refractivity contribution in [3.63, 3.8) is 0 Å². The lowest BCUT2D eigenvalue weighted by molar-refractivity contribution is -0.142. The number of carbonyl (C=O) groups is 4. The molecule has 10 heteroatoms. The molecule has 0 saturated heterocycles. The van der Waals surface area contributed by atoms with Crippen molar-refractivity contribution in [2.24, 2.45) is 0 Å². The first-order valence-electron chi connectivity index (χ1n) is 7.58. The molecule has 0 aliphatic heterocycles. The molecule has 6 N–H and O–H groups in total. The van der Waals surface area contributed by atoms with E-state index < -0.39 is 48.0 Å². The molecule has 2 amide bonds. The average Bonchev–Trinajstić information content (AvgIpc) is 2.55. The van der Waals surface area contributed by atoms with Gasteiger partial charge in [0.2, 0.25) is 0 Å². The Kier molecular flexibility index (Phi) is 7.23. The van der Waals surface area contributed by atoms with Gasteiger partial charge < -0.3 is 31.1 Å². The van der Waals surface area contributed by atoms with Crippen LogP contribution in [0.5, 0.6) is 0 Å². The summed E-state index contributed by atoms with van der Waals surface area (Å²) in [4.78, 5) is 46.3. The highest BCUT2D eigenvalue weighted by atomic mass is 16.4. The fourth-order valence-corrected chi connectivity index (χ4v) is 2.03. The van der Waals surface area contributed by atoms with E-state index in [1.54, 1.807) is 0 Å². The normalized spacial score (nSPS) is 15.2. The minimum Gasteiger partial charge on any atom is -0.480 e. The molecule has 1 aromatic carbocycles. The molecule has 0 bridgehead atoms. The number of hydrogen-bond acceptors (Lipinski definition) is 6. The maximum atomic E-state index is 12.1. The Morgan fingerprint density at radius 3 is 1.42 bits per heavy atom. The van der Waals surface area contributed by atoms with Gasteiger partial charge in [0.05, 0.1) is 12.2 Å². The van der Waals surface area contributed by atoms with E-state index in [-0.39, 0.29) is 11.1 Å². The summed E-state index contributed by atoms with van der Waals surface area (Å²) >= 11 is 0. The molecule has 0 spiro atoms. The first kappa shape index (κ1) is 21.1. The van der Waals surface area contributed by atoms with Crippen molar-refractivity contribution >= 4 is 23.8 Å². The van der Waals surface area contributed by atoms with Gasteiger partial charge in [-0.2, -0.15) is 0 Å². The highest BCUT2D eigenvalue weighted by molar-refractivity contribution is 6.01. The first-order valence-corrected chi connectivity index (χ1v) is 7.58. The number of carbonyl (C=O) groups excluding carboxylic acids is 2. The van der Waals surface area contributed by atoms with Gasteiger partial charge in [0.15, 0.2) is 12.1 Å². The maximum Gasteiger partial charge on any atom is 0.328 e. The molecule has 0 aromatic heterocycles. The van der Waals surface area contributed by atoms with Crippen LogP contribution in [0.2, 0.25) is 0 Å². The van der Waals surface area contributed by atoms with E-state index in [1.807, 2.05) is 0 Å². The highest BCUT2D eigenvalue weighted by Crippen LogP contribution is 2.08. The Labute approximate surface area is 148 Å². The molecule has 1 rings (SSSR count). The second kappa shape index (κ2) is 8.92. The lowest BCUT2D eigenvalue weighted by Gasteiger charge is -2.18. The summed E-state index contributed by atoms with van der Waals surface area (Å²) in [5.41, 5.74) is -0.123. The fraction of sp³-hybridized carbons (Fsp3) is 0.375.